The van der Waals surface area contributed by atoms with Gasteiger partial charge in [0.15, 0.2) is 0 Å². The van der Waals surface area contributed by atoms with Crippen molar-refractivity contribution in [1.82, 2.24) is 19.3 Å². The Labute approximate surface area is 100 Å². The summed E-state index contributed by atoms with van der Waals surface area (Å²) < 4.78 is 4.09. The molecule has 0 spiro atoms. The van der Waals surface area contributed by atoms with Crippen LogP contribution in [-0.4, -0.2) is 25.4 Å². The summed E-state index contributed by atoms with van der Waals surface area (Å²) >= 11 is 0. The van der Waals surface area contributed by atoms with Crippen molar-refractivity contribution in [3.8, 4) is 0 Å². The van der Waals surface area contributed by atoms with E-state index in [-0.39, 0.29) is 0 Å². The van der Waals surface area contributed by atoms with Crippen molar-refractivity contribution < 1.29 is 0 Å². The van der Waals surface area contributed by atoms with Crippen LogP contribution in [0.2, 0.25) is 0 Å². The highest BCUT2D eigenvalue weighted by atomic mass is 15.3. The fourth-order valence-corrected chi connectivity index (χ4v) is 1.92. The average molecular weight is 231 g/mol. The van der Waals surface area contributed by atoms with Gasteiger partial charge in [0.2, 0.25) is 5.95 Å². The Kier molecular flexibility index (Phi) is 2.59. The van der Waals surface area contributed by atoms with E-state index in [0.29, 0.717) is 6.04 Å². The molecular weight excluding hydrogens is 214 g/mol. The van der Waals surface area contributed by atoms with Crippen LogP contribution in [0.5, 0.6) is 0 Å². The zero-order chi connectivity index (χ0) is 11.7. The molecule has 1 fully saturated rings. The Balaban J connectivity index is 1.64. The molecule has 5 nitrogen and oxygen atoms in total. The van der Waals surface area contributed by atoms with Gasteiger partial charge in [0.05, 0.1) is 0 Å². The molecule has 0 aliphatic heterocycles. The molecule has 1 N–H and O–H groups in total. The number of aryl methyl sites for hydroxylation is 3. The first-order valence-corrected chi connectivity index (χ1v) is 6.07. The number of hydrogen-bond donors (Lipinski definition) is 1. The summed E-state index contributed by atoms with van der Waals surface area (Å²) in [5, 5.41) is 7.61. The second-order valence-corrected chi connectivity index (χ2v) is 4.56. The van der Waals surface area contributed by atoms with Crippen molar-refractivity contribution in [2.45, 2.75) is 31.8 Å². The highest BCUT2D eigenvalue weighted by Crippen LogP contribution is 2.23. The van der Waals surface area contributed by atoms with Gasteiger partial charge < -0.3 is 9.88 Å². The van der Waals surface area contributed by atoms with Crippen LogP contribution in [0.3, 0.4) is 0 Å². The predicted octanol–water partition coefficient (Wildman–Crippen LogP) is 1.43. The lowest BCUT2D eigenvalue weighted by molar-refractivity contribution is 0.639. The maximum absolute atomic E-state index is 4.35. The van der Waals surface area contributed by atoms with Gasteiger partial charge in [0.1, 0.15) is 0 Å². The molecule has 0 unspecified atom stereocenters. The standard InChI is InChI=1S/C12H17N5/c1-16-11(4-6-14-16)5-8-17-9-7-13-12(17)15-10-2-3-10/h4,6-7,9-10H,2-3,5,8H2,1H3,(H,13,15). The van der Waals surface area contributed by atoms with E-state index in [1.807, 2.05) is 30.3 Å². The van der Waals surface area contributed by atoms with Crippen molar-refractivity contribution >= 4 is 5.95 Å². The molecule has 0 bridgehead atoms. The van der Waals surface area contributed by atoms with Gasteiger partial charge in [-0.3, -0.25) is 4.68 Å². The van der Waals surface area contributed by atoms with Crippen LogP contribution >= 0.6 is 0 Å². The molecule has 0 atom stereocenters. The second kappa shape index (κ2) is 4.24. The second-order valence-electron chi connectivity index (χ2n) is 4.56. The normalized spacial score (nSPS) is 15.1. The van der Waals surface area contributed by atoms with Crippen LogP contribution in [0, 0.1) is 0 Å². The van der Waals surface area contributed by atoms with Crippen molar-refractivity contribution in [1.29, 1.82) is 0 Å². The van der Waals surface area contributed by atoms with Crippen molar-refractivity contribution in [3.05, 3.63) is 30.4 Å². The number of hydrogen-bond acceptors (Lipinski definition) is 3. The summed E-state index contributed by atoms with van der Waals surface area (Å²) in [6, 6.07) is 2.71. The van der Waals surface area contributed by atoms with Gasteiger partial charge in [0.25, 0.3) is 0 Å². The fraction of sp³-hybridized carbons (Fsp3) is 0.500. The Hall–Kier alpha value is -1.78. The summed E-state index contributed by atoms with van der Waals surface area (Å²) in [4.78, 5) is 4.35. The van der Waals surface area contributed by atoms with Crippen molar-refractivity contribution in [2.24, 2.45) is 7.05 Å². The molecule has 3 rings (SSSR count). The first-order valence-electron chi connectivity index (χ1n) is 6.07. The van der Waals surface area contributed by atoms with Crippen LogP contribution < -0.4 is 5.32 Å². The van der Waals surface area contributed by atoms with Gasteiger partial charge in [-0.05, 0) is 18.9 Å². The third-order valence-electron chi connectivity index (χ3n) is 3.16. The van der Waals surface area contributed by atoms with E-state index in [4.69, 9.17) is 0 Å². The molecule has 0 radical (unpaired) electrons. The lowest BCUT2D eigenvalue weighted by Crippen LogP contribution is -2.11. The van der Waals surface area contributed by atoms with Gasteiger partial charge in [-0.15, -0.1) is 0 Å². The lowest BCUT2D eigenvalue weighted by atomic mass is 10.3. The SMILES string of the molecule is Cn1nccc1CCn1ccnc1NC1CC1. The van der Waals surface area contributed by atoms with Crippen molar-refractivity contribution in [2.75, 3.05) is 5.32 Å². The lowest BCUT2D eigenvalue weighted by Gasteiger charge is -2.09. The highest BCUT2D eigenvalue weighted by Gasteiger charge is 2.22. The number of imidazole rings is 1. The molecule has 90 valence electrons. The maximum atomic E-state index is 4.35. The minimum atomic E-state index is 0.646. The average Bonchev–Trinajstić information content (AvgIpc) is 2.86. The molecule has 1 saturated carbocycles. The van der Waals surface area contributed by atoms with E-state index in [9.17, 15) is 0 Å². The molecule has 1 aliphatic rings. The topological polar surface area (TPSA) is 47.7 Å². The number of anilines is 1. The minimum absolute atomic E-state index is 0.646. The minimum Gasteiger partial charge on any atom is -0.353 e. The number of rotatable bonds is 5. The summed E-state index contributed by atoms with van der Waals surface area (Å²) in [5.74, 6) is 0.995. The molecule has 0 aromatic carbocycles. The van der Waals surface area contributed by atoms with Gasteiger partial charge in [-0.1, -0.05) is 0 Å². The number of nitrogens with zero attached hydrogens (tertiary/aromatic N) is 4. The molecular formula is C12H17N5. The van der Waals surface area contributed by atoms with E-state index >= 15 is 0 Å². The summed E-state index contributed by atoms with van der Waals surface area (Å²) in [5.41, 5.74) is 1.25. The van der Waals surface area contributed by atoms with E-state index in [1.54, 1.807) is 0 Å². The Morgan fingerprint density at radius 2 is 2.29 bits per heavy atom. The van der Waals surface area contributed by atoms with Crippen LogP contribution in [-0.2, 0) is 20.0 Å². The number of aromatic nitrogens is 4. The van der Waals surface area contributed by atoms with E-state index < -0.39 is 0 Å². The van der Waals surface area contributed by atoms with Gasteiger partial charge in [-0.2, -0.15) is 5.10 Å². The highest BCUT2D eigenvalue weighted by molar-refractivity contribution is 5.29. The molecule has 0 saturated heterocycles. The van der Waals surface area contributed by atoms with Gasteiger partial charge in [-0.25, -0.2) is 4.98 Å². The van der Waals surface area contributed by atoms with Gasteiger partial charge in [0, 0.05) is 50.3 Å². The molecule has 1 aliphatic carbocycles. The zero-order valence-electron chi connectivity index (χ0n) is 10.0. The molecule has 17 heavy (non-hydrogen) atoms. The quantitative estimate of drug-likeness (QED) is 0.847. The molecule has 2 aromatic rings. The first kappa shape index (κ1) is 10.4. The molecule has 2 aromatic heterocycles. The van der Waals surface area contributed by atoms with E-state index in [0.717, 1.165) is 18.9 Å². The fourth-order valence-electron chi connectivity index (χ4n) is 1.92. The third kappa shape index (κ3) is 2.33. The molecule has 5 heteroatoms. The van der Waals surface area contributed by atoms with Crippen LogP contribution in [0.4, 0.5) is 5.95 Å². The Morgan fingerprint density at radius 1 is 1.41 bits per heavy atom. The number of nitrogens with one attached hydrogen (secondary N) is 1. The zero-order valence-corrected chi connectivity index (χ0v) is 10.0. The van der Waals surface area contributed by atoms with Crippen molar-refractivity contribution in [3.63, 3.8) is 0 Å². The largest absolute Gasteiger partial charge is 0.353 e. The first-order chi connectivity index (χ1) is 8.33. The summed E-state index contributed by atoms with van der Waals surface area (Å²) in [6.45, 7) is 0.939. The molecule has 0 amide bonds. The summed E-state index contributed by atoms with van der Waals surface area (Å²) in [7, 11) is 1.98. The Bertz CT molecular complexity index is 494. The smallest absolute Gasteiger partial charge is 0.202 e. The van der Waals surface area contributed by atoms with Crippen LogP contribution in [0.1, 0.15) is 18.5 Å². The van der Waals surface area contributed by atoms with E-state index in [2.05, 4.69) is 26.0 Å². The van der Waals surface area contributed by atoms with Crippen LogP contribution in [0.25, 0.3) is 0 Å². The van der Waals surface area contributed by atoms with Crippen LogP contribution in [0.15, 0.2) is 24.7 Å². The van der Waals surface area contributed by atoms with E-state index in [1.165, 1.54) is 18.5 Å². The summed E-state index contributed by atoms with van der Waals surface area (Å²) in [6.07, 6.45) is 9.25. The monoisotopic (exact) mass is 231 g/mol. The van der Waals surface area contributed by atoms with Gasteiger partial charge >= 0.3 is 0 Å². The predicted molar refractivity (Wildman–Crippen MR) is 65.8 cm³/mol. The Morgan fingerprint density at radius 3 is 3.00 bits per heavy atom. The third-order valence-corrected chi connectivity index (χ3v) is 3.16. The maximum Gasteiger partial charge on any atom is 0.202 e. The molecule has 2 heterocycles.